The first-order chi connectivity index (χ1) is 8.74. The molecule has 0 radical (unpaired) electrons. The number of hydrogen-bond donors (Lipinski definition) is 0. The van der Waals surface area contributed by atoms with Gasteiger partial charge in [-0.05, 0) is 49.6 Å². The van der Waals surface area contributed by atoms with Crippen LogP contribution in [0, 0.1) is 0 Å². The van der Waals surface area contributed by atoms with Gasteiger partial charge in [0.25, 0.3) is 0 Å². The minimum Gasteiger partial charge on any atom is -0.497 e. The predicted octanol–water partition coefficient (Wildman–Crippen LogP) is 2.21. The van der Waals surface area contributed by atoms with Gasteiger partial charge in [0.15, 0.2) is 0 Å². The molecule has 1 aliphatic rings. The number of hydrogen-bond acceptors (Lipinski definition) is 4. The third-order valence-electron chi connectivity index (χ3n) is 2.95. The Morgan fingerprint density at radius 2 is 2.11 bits per heavy atom. The Bertz CT molecular complexity index is 451. The Morgan fingerprint density at radius 3 is 2.72 bits per heavy atom. The van der Waals surface area contributed by atoms with Crippen molar-refractivity contribution in [2.75, 3.05) is 13.7 Å². The van der Waals surface area contributed by atoms with Crippen molar-refractivity contribution in [2.24, 2.45) is 4.99 Å². The Morgan fingerprint density at radius 1 is 1.39 bits per heavy atom. The zero-order chi connectivity index (χ0) is 13.0. The molecule has 1 atom stereocenters. The van der Waals surface area contributed by atoms with E-state index in [0.717, 1.165) is 29.9 Å². The summed E-state index contributed by atoms with van der Waals surface area (Å²) in [5, 5.41) is 0. The summed E-state index contributed by atoms with van der Waals surface area (Å²) in [6.07, 6.45) is 1.55. The van der Waals surface area contributed by atoms with Crippen molar-refractivity contribution in [3.05, 3.63) is 29.8 Å². The molecule has 0 saturated heterocycles. The fourth-order valence-corrected chi connectivity index (χ4v) is 2.00. The minimum absolute atomic E-state index is 0.221. The van der Waals surface area contributed by atoms with Crippen molar-refractivity contribution in [2.45, 2.75) is 25.8 Å². The average Bonchev–Trinajstić information content (AvgIpc) is 2.89. The van der Waals surface area contributed by atoms with Crippen LogP contribution in [-0.4, -0.2) is 31.4 Å². The second kappa shape index (κ2) is 5.67. The molecule has 0 bridgehead atoms. The standard InChI is InChI=1S/C14H17NO3/c1-3-18-14(16)13-9-8-12(15-13)10-4-6-11(17-2)7-5-10/h4-7,13H,3,8-9H2,1-2H3/t13-/m1/s1. The van der Waals surface area contributed by atoms with Crippen LogP contribution in [0.2, 0.25) is 0 Å². The van der Waals surface area contributed by atoms with Gasteiger partial charge in [-0.2, -0.15) is 0 Å². The van der Waals surface area contributed by atoms with E-state index >= 15 is 0 Å². The van der Waals surface area contributed by atoms with E-state index in [1.807, 2.05) is 24.3 Å². The molecule has 0 amide bonds. The molecular weight excluding hydrogens is 230 g/mol. The number of ether oxygens (including phenoxy) is 2. The summed E-state index contributed by atoms with van der Waals surface area (Å²) in [5.41, 5.74) is 2.01. The smallest absolute Gasteiger partial charge is 0.330 e. The van der Waals surface area contributed by atoms with Gasteiger partial charge < -0.3 is 9.47 Å². The van der Waals surface area contributed by atoms with E-state index in [-0.39, 0.29) is 12.0 Å². The Balaban J connectivity index is 2.09. The molecular formula is C14H17NO3. The molecule has 1 aromatic rings. The highest BCUT2D eigenvalue weighted by Gasteiger charge is 2.25. The largest absolute Gasteiger partial charge is 0.497 e. The van der Waals surface area contributed by atoms with Gasteiger partial charge in [0.2, 0.25) is 0 Å². The van der Waals surface area contributed by atoms with Crippen molar-refractivity contribution in [3.8, 4) is 5.75 Å². The molecule has 0 N–H and O–H groups in total. The average molecular weight is 247 g/mol. The molecule has 96 valence electrons. The van der Waals surface area contributed by atoms with Gasteiger partial charge >= 0.3 is 5.97 Å². The van der Waals surface area contributed by atoms with Crippen LogP contribution in [0.15, 0.2) is 29.3 Å². The third-order valence-corrected chi connectivity index (χ3v) is 2.95. The molecule has 1 aromatic carbocycles. The SMILES string of the molecule is CCOC(=O)[C@H]1CCC(c2ccc(OC)cc2)=N1. The van der Waals surface area contributed by atoms with E-state index < -0.39 is 0 Å². The van der Waals surface area contributed by atoms with Crippen LogP contribution in [-0.2, 0) is 9.53 Å². The van der Waals surface area contributed by atoms with Gasteiger partial charge in [0.05, 0.1) is 13.7 Å². The van der Waals surface area contributed by atoms with Gasteiger partial charge in [0, 0.05) is 5.71 Å². The maximum atomic E-state index is 11.6. The molecule has 2 rings (SSSR count). The molecule has 0 aliphatic carbocycles. The molecule has 4 nitrogen and oxygen atoms in total. The summed E-state index contributed by atoms with van der Waals surface area (Å²) in [7, 11) is 1.64. The fraction of sp³-hybridized carbons (Fsp3) is 0.429. The Labute approximate surface area is 107 Å². The molecule has 0 spiro atoms. The lowest BCUT2D eigenvalue weighted by Crippen LogP contribution is -2.18. The molecule has 0 saturated carbocycles. The van der Waals surface area contributed by atoms with Crippen LogP contribution in [0.25, 0.3) is 0 Å². The minimum atomic E-state index is -0.331. The van der Waals surface area contributed by atoms with E-state index in [0.29, 0.717) is 6.61 Å². The zero-order valence-electron chi connectivity index (χ0n) is 10.7. The van der Waals surface area contributed by atoms with E-state index in [4.69, 9.17) is 9.47 Å². The van der Waals surface area contributed by atoms with Crippen molar-refractivity contribution < 1.29 is 14.3 Å². The second-order valence-corrected chi connectivity index (χ2v) is 4.11. The summed E-state index contributed by atoms with van der Waals surface area (Å²) >= 11 is 0. The van der Waals surface area contributed by atoms with Gasteiger partial charge in [-0.1, -0.05) is 0 Å². The highest BCUT2D eigenvalue weighted by molar-refractivity contribution is 6.03. The number of esters is 1. The Hall–Kier alpha value is -1.84. The molecule has 0 aromatic heterocycles. The van der Waals surface area contributed by atoms with Crippen molar-refractivity contribution >= 4 is 11.7 Å². The van der Waals surface area contributed by atoms with Crippen LogP contribution < -0.4 is 4.74 Å². The molecule has 1 aliphatic heterocycles. The zero-order valence-corrected chi connectivity index (χ0v) is 10.7. The van der Waals surface area contributed by atoms with Crippen LogP contribution in [0.1, 0.15) is 25.3 Å². The normalized spacial score (nSPS) is 18.3. The maximum Gasteiger partial charge on any atom is 0.330 e. The number of methoxy groups -OCH3 is 1. The van der Waals surface area contributed by atoms with Gasteiger partial charge in [0.1, 0.15) is 11.8 Å². The molecule has 1 heterocycles. The van der Waals surface area contributed by atoms with Crippen LogP contribution in [0.5, 0.6) is 5.75 Å². The first-order valence-electron chi connectivity index (χ1n) is 6.12. The molecule has 0 unspecified atom stereocenters. The van der Waals surface area contributed by atoms with E-state index in [9.17, 15) is 4.79 Å². The lowest BCUT2D eigenvalue weighted by atomic mass is 10.1. The highest BCUT2D eigenvalue weighted by Crippen LogP contribution is 2.21. The number of carbonyl (C=O) groups excluding carboxylic acids is 1. The van der Waals surface area contributed by atoms with Crippen LogP contribution in [0.4, 0.5) is 0 Å². The molecule has 4 heteroatoms. The first-order valence-corrected chi connectivity index (χ1v) is 6.12. The number of benzene rings is 1. The van der Waals surface area contributed by atoms with Crippen LogP contribution in [0.3, 0.4) is 0 Å². The summed E-state index contributed by atoms with van der Waals surface area (Å²) in [6, 6.07) is 7.39. The summed E-state index contributed by atoms with van der Waals surface area (Å²) < 4.78 is 10.1. The molecule has 18 heavy (non-hydrogen) atoms. The van der Waals surface area contributed by atoms with Crippen molar-refractivity contribution in [3.63, 3.8) is 0 Å². The van der Waals surface area contributed by atoms with Crippen molar-refractivity contribution in [1.29, 1.82) is 0 Å². The number of nitrogens with zero attached hydrogens (tertiary/aromatic N) is 1. The van der Waals surface area contributed by atoms with E-state index in [1.54, 1.807) is 14.0 Å². The van der Waals surface area contributed by atoms with Crippen LogP contribution >= 0.6 is 0 Å². The number of carbonyl (C=O) groups is 1. The lowest BCUT2D eigenvalue weighted by molar-refractivity contribution is -0.144. The highest BCUT2D eigenvalue weighted by atomic mass is 16.5. The van der Waals surface area contributed by atoms with Gasteiger partial charge in [-0.3, -0.25) is 4.99 Å². The summed E-state index contributed by atoms with van der Waals surface area (Å²) in [6.45, 7) is 2.21. The summed E-state index contributed by atoms with van der Waals surface area (Å²) in [5.74, 6) is 0.598. The quantitative estimate of drug-likeness (QED) is 0.766. The predicted molar refractivity (Wildman–Crippen MR) is 69.2 cm³/mol. The maximum absolute atomic E-state index is 11.6. The topological polar surface area (TPSA) is 47.9 Å². The first kappa shape index (κ1) is 12.6. The second-order valence-electron chi connectivity index (χ2n) is 4.11. The monoisotopic (exact) mass is 247 g/mol. The fourth-order valence-electron chi connectivity index (χ4n) is 2.00. The summed E-state index contributed by atoms with van der Waals surface area (Å²) in [4.78, 5) is 16.0. The lowest BCUT2D eigenvalue weighted by Gasteiger charge is -2.04. The van der Waals surface area contributed by atoms with Crippen molar-refractivity contribution in [1.82, 2.24) is 0 Å². The number of aliphatic imine (C=N–C) groups is 1. The third kappa shape index (κ3) is 2.70. The van der Waals surface area contributed by atoms with E-state index in [2.05, 4.69) is 4.99 Å². The van der Waals surface area contributed by atoms with Gasteiger partial charge in [-0.15, -0.1) is 0 Å². The molecule has 0 fully saturated rings. The number of rotatable bonds is 4. The van der Waals surface area contributed by atoms with E-state index in [1.165, 1.54) is 0 Å². The van der Waals surface area contributed by atoms with Gasteiger partial charge in [-0.25, -0.2) is 4.79 Å². The Kier molecular flexibility index (Phi) is 3.97.